The minimum atomic E-state index is -0.0536. The van der Waals surface area contributed by atoms with Crippen molar-refractivity contribution in [2.24, 2.45) is 0 Å². The number of aryl methyl sites for hydroxylation is 2. The molecule has 0 saturated carbocycles. The molecule has 5 heterocycles. The summed E-state index contributed by atoms with van der Waals surface area (Å²) >= 11 is 0. The van der Waals surface area contributed by atoms with E-state index in [1.165, 1.54) is 5.56 Å². The van der Waals surface area contributed by atoms with Crippen molar-refractivity contribution in [2.75, 3.05) is 0 Å². The third kappa shape index (κ3) is 4.95. The van der Waals surface area contributed by atoms with Crippen molar-refractivity contribution in [3.8, 4) is 23.0 Å². The molecule has 0 aliphatic carbocycles. The van der Waals surface area contributed by atoms with E-state index in [0.717, 1.165) is 72.4 Å². The van der Waals surface area contributed by atoms with E-state index in [0.29, 0.717) is 11.5 Å². The van der Waals surface area contributed by atoms with Gasteiger partial charge in [-0.2, -0.15) is 6.07 Å². The Labute approximate surface area is 298 Å². The number of ether oxygens (including phenoxy) is 1. The molecular weight excluding hydrogens is 788 g/mol. The largest absolute Gasteiger partial charge is 2.00 e. The van der Waals surface area contributed by atoms with Crippen LogP contribution in [0.15, 0.2) is 103 Å². The second-order valence-electron chi connectivity index (χ2n) is 13.5. The molecule has 5 aromatic heterocycles. The summed E-state index contributed by atoms with van der Waals surface area (Å²) in [6, 6.07) is 38.1. The maximum Gasteiger partial charge on any atom is 2.00 e. The molecule has 7 nitrogen and oxygen atoms in total. The fraction of sp³-hybridized carbons (Fsp3) is 0.146. The van der Waals surface area contributed by atoms with E-state index in [1.54, 1.807) is 0 Å². The average molecular weight is 820 g/mol. The van der Waals surface area contributed by atoms with Crippen molar-refractivity contribution in [1.29, 1.82) is 0 Å². The molecule has 9 rings (SSSR count). The SMILES string of the molecule is Cc1cnc(-n2c3[c-]c(Oc4[c-]c5c(cc4)nc4n(-c6ccccc6)c6cc(C(C)(C)C)cnc6n54)ccc3c3ccccc32)cc1C.[Pt+2]. The molecule has 9 aromatic rings. The molecule has 4 aromatic carbocycles. The van der Waals surface area contributed by atoms with E-state index in [1.807, 2.05) is 48.8 Å². The molecule has 0 unspecified atom stereocenters. The summed E-state index contributed by atoms with van der Waals surface area (Å²) in [5.41, 5.74) is 9.86. The number of imidazole rings is 2. The molecule has 242 valence electrons. The Morgan fingerprint density at radius 2 is 1.41 bits per heavy atom. The molecule has 0 saturated heterocycles. The number of rotatable bonds is 4. The normalized spacial score (nSPS) is 12.0. The van der Waals surface area contributed by atoms with Crippen LogP contribution in [0.1, 0.15) is 37.5 Å². The van der Waals surface area contributed by atoms with E-state index < -0.39 is 0 Å². The Hall–Kier alpha value is -5.26. The number of para-hydroxylation sites is 2. The number of aromatic nitrogens is 6. The van der Waals surface area contributed by atoms with Gasteiger partial charge >= 0.3 is 21.1 Å². The third-order valence-electron chi connectivity index (χ3n) is 9.27. The maximum absolute atomic E-state index is 6.50. The Bertz CT molecular complexity index is 2710. The maximum atomic E-state index is 6.50. The summed E-state index contributed by atoms with van der Waals surface area (Å²) in [4.78, 5) is 14.9. The molecule has 0 aliphatic rings. The van der Waals surface area contributed by atoms with Crippen LogP contribution in [0, 0.1) is 26.0 Å². The van der Waals surface area contributed by atoms with Crippen molar-refractivity contribution in [3.63, 3.8) is 0 Å². The summed E-state index contributed by atoms with van der Waals surface area (Å²) in [7, 11) is 0. The van der Waals surface area contributed by atoms with Gasteiger partial charge < -0.3 is 9.30 Å². The zero-order valence-electron chi connectivity index (χ0n) is 27.7. The van der Waals surface area contributed by atoms with Crippen molar-refractivity contribution < 1.29 is 25.8 Å². The second kappa shape index (κ2) is 11.4. The summed E-state index contributed by atoms with van der Waals surface area (Å²) in [5, 5.41) is 2.23. The third-order valence-corrected chi connectivity index (χ3v) is 9.27. The van der Waals surface area contributed by atoms with Gasteiger partial charge in [-0.25, -0.2) is 9.97 Å². The molecule has 8 heteroatoms. The van der Waals surface area contributed by atoms with Crippen LogP contribution in [-0.4, -0.2) is 28.5 Å². The number of nitrogens with zero attached hydrogens (tertiary/aromatic N) is 6. The predicted octanol–water partition coefficient (Wildman–Crippen LogP) is 9.62. The summed E-state index contributed by atoms with van der Waals surface area (Å²) in [6.45, 7) is 10.8. The zero-order chi connectivity index (χ0) is 32.7. The fourth-order valence-corrected chi connectivity index (χ4v) is 6.54. The second-order valence-corrected chi connectivity index (χ2v) is 13.5. The van der Waals surface area contributed by atoms with Crippen LogP contribution in [0.2, 0.25) is 0 Å². The van der Waals surface area contributed by atoms with Gasteiger partial charge in [0.2, 0.25) is 5.78 Å². The van der Waals surface area contributed by atoms with Gasteiger partial charge in [-0.05, 0) is 82.7 Å². The minimum Gasteiger partial charge on any atom is -0.509 e. The van der Waals surface area contributed by atoms with E-state index in [-0.39, 0.29) is 26.5 Å². The average Bonchev–Trinajstić information content (AvgIpc) is 3.72. The van der Waals surface area contributed by atoms with Gasteiger partial charge in [0.25, 0.3) is 0 Å². The van der Waals surface area contributed by atoms with Crippen LogP contribution in [0.3, 0.4) is 0 Å². The van der Waals surface area contributed by atoms with Gasteiger partial charge in [0, 0.05) is 35.1 Å². The van der Waals surface area contributed by atoms with Crippen LogP contribution in [0.4, 0.5) is 0 Å². The van der Waals surface area contributed by atoms with Gasteiger partial charge in [0.1, 0.15) is 5.82 Å². The monoisotopic (exact) mass is 819 g/mol. The molecule has 0 N–H and O–H groups in total. The predicted molar refractivity (Wildman–Crippen MR) is 192 cm³/mol. The van der Waals surface area contributed by atoms with Crippen molar-refractivity contribution in [1.82, 2.24) is 28.5 Å². The molecule has 49 heavy (non-hydrogen) atoms. The standard InChI is InChI=1S/C41H32N6O.Pt/c1-25-19-38(42-23-26(25)2)46-34-14-10-9-13-31(34)32-17-15-29(21-35(32)46)48-30-16-18-33-36(22-30)47-39-37(20-27(24-43-39)41(3,4)5)45(40(47)44-33)28-11-7-6-8-12-28;/h6-20,23-24H,1-5H3;/q-2;+2. The molecule has 0 spiro atoms. The van der Waals surface area contributed by atoms with E-state index in [2.05, 4.69) is 115 Å². The Balaban J connectivity index is 0.00000348. The number of hydrogen-bond donors (Lipinski definition) is 0. The van der Waals surface area contributed by atoms with Crippen LogP contribution in [0.5, 0.6) is 11.5 Å². The molecule has 0 aliphatic heterocycles. The van der Waals surface area contributed by atoms with Gasteiger partial charge in [0.05, 0.1) is 5.52 Å². The van der Waals surface area contributed by atoms with Crippen LogP contribution in [-0.2, 0) is 26.5 Å². The first kappa shape index (κ1) is 31.0. The number of hydrogen-bond acceptors (Lipinski definition) is 4. The first-order valence-corrected chi connectivity index (χ1v) is 16.1. The molecule has 0 radical (unpaired) electrons. The molecule has 0 bridgehead atoms. The van der Waals surface area contributed by atoms with Crippen molar-refractivity contribution >= 4 is 49.8 Å². The summed E-state index contributed by atoms with van der Waals surface area (Å²) in [6.07, 6.45) is 3.90. The molecule has 0 atom stereocenters. The Kier molecular flexibility index (Phi) is 7.23. The summed E-state index contributed by atoms with van der Waals surface area (Å²) in [5.74, 6) is 2.78. The first-order valence-electron chi connectivity index (χ1n) is 16.1. The van der Waals surface area contributed by atoms with Gasteiger partial charge in [-0.3, -0.25) is 14.0 Å². The topological polar surface area (TPSA) is 62.2 Å². The van der Waals surface area contributed by atoms with Crippen molar-refractivity contribution in [3.05, 3.63) is 132 Å². The quantitative estimate of drug-likeness (QED) is 0.166. The number of pyridine rings is 2. The van der Waals surface area contributed by atoms with E-state index in [9.17, 15) is 0 Å². The van der Waals surface area contributed by atoms with Crippen LogP contribution < -0.4 is 4.74 Å². The number of benzene rings is 4. The van der Waals surface area contributed by atoms with Crippen molar-refractivity contribution in [2.45, 2.75) is 40.0 Å². The van der Waals surface area contributed by atoms with E-state index >= 15 is 0 Å². The zero-order valence-corrected chi connectivity index (χ0v) is 30.0. The first-order chi connectivity index (χ1) is 23.2. The van der Waals surface area contributed by atoms with Gasteiger partial charge in [-0.1, -0.05) is 62.7 Å². The van der Waals surface area contributed by atoms with Gasteiger partial charge in [-0.15, -0.1) is 35.7 Å². The Morgan fingerprint density at radius 3 is 2.18 bits per heavy atom. The number of fused-ring (bicyclic) bond motifs is 8. The minimum absolute atomic E-state index is 0. The fourth-order valence-electron chi connectivity index (χ4n) is 6.54. The molecule has 0 fully saturated rings. The smallest absolute Gasteiger partial charge is 0.509 e. The molecule has 0 amide bonds. The van der Waals surface area contributed by atoms with Gasteiger partial charge in [0.15, 0.2) is 5.65 Å². The van der Waals surface area contributed by atoms with E-state index in [4.69, 9.17) is 19.7 Å². The molecular formula is C41H32N6OPt. The van der Waals surface area contributed by atoms with Crippen LogP contribution in [0.25, 0.3) is 61.3 Å². The Morgan fingerprint density at radius 1 is 0.673 bits per heavy atom. The van der Waals surface area contributed by atoms with Crippen LogP contribution >= 0.6 is 0 Å². The summed E-state index contributed by atoms with van der Waals surface area (Å²) < 4.78 is 12.9.